The second-order valence-corrected chi connectivity index (χ2v) is 5.91. The Morgan fingerprint density at radius 1 is 1.29 bits per heavy atom. The van der Waals surface area contributed by atoms with Crippen molar-refractivity contribution in [3.8, 4) is 0 Å². The van der Waals surface area contributed by atoms with E-state index in [1.54, 1.807) is 13.2 Å². The molecule has 3 rings (SSSR count). The zero-order valence-electron chi connectivity index (χ0n) is 15.1. The molecule has 1 atom stereocenters. The van der Waals surface area contributed by atoms with Crippen LogP contribution in [0, 0.1) is 5.82 Å². The second kappa shape index (κ2) is 8.91. The van der Waals surface area contributed by atoms with E-state index >= 15 is 0 Å². The van der Waals surface area contributed by atoms with E-state index in [1.165, 1.54) is 10.9 Å². The van der Waals surface area contributed by atoms with Crippen molar-refractivity contribution >= 4 is 23.4 Å². The zero-order chi connectivity index (χ0) is 19.9. The molecule has 9 nitrogen and oxygen atoms in total. The Morgan fingerprint density at radius 2 is 2.07 bits per heavy atom. The molecule has 1 aromatic carbocycles. The average Bonchev–Trinajstić information content (AvgIpc) is 3.15. The van der Waals surface area contributed by atoms with Gasteiger partial charge in [-0.2, -0.15) is 10.1 Å². The van der Waals surface area contributed by atoms with Crippen molar-refractivity contribution in [2.45, 2.75) is 12.6 Å². The van der Waals surface area contributed by atoms with Crippen LogP contribution in [-0.4, -0.2) is 44.4 Å². The summed E-state index contributed by atoms with van der Waals surface area (Å²) < 4.78 is 15.6. The number of nitrogens with zero attached hydrogens (tertiary/aromatic N) is 4. The number of carbonyl (C=O) groups is 1. The number of nitrogens with one attached hydrogen (secondary N) is 3. The van der Waals surface area contributed by atoms with Gasteiger partial charge in [0.15, 0.2) is 11.6 Å². The lowest BCUT2D eigenvalue weighted by Gasteiger charge is -2.18. The summed E-state index contributed by atoms with van der Waals surface area (Å²) in [6.07, 6.45) is 4.14. The molecule has 0 aliphatic heterocycles. The molecule has 4 N–H and O–H groups in total. The Bertz CT molecular complexity index is 933. The van der Waals surface area contributed by atoms with E-state index in [1.807, 2.05) is 30.3 Å². The number of anilines is 3. The smallest absolute Gasteiger partial charge is 0.241 e. The largest absolute Gasteiger partial charge is 0.394 e. The van der Waals surface area contributed by atoms with Gasteiger partial charge in [0, 0.05) is 13.2 Å². The van der Waals surface area contributed by atoms with E-state index in [-0.39, 0.29) is 30.8 Å². The van der Waals surface area contributed by atoms with Gasteiger partial charge >= 0.3 is 0 Å². The molecule has 0 radical (unpaired) electrons. The number of benzene rings is 1. The van der Waals surface area contributed by atoms with Crippen LogP contribution in [0.2, 0.25) is 0 Å². The van der Waals surface area contributed by atoms with Crippen LogP contribution in [0.4, 0.5) is 21.8 Å². The lowest BCUT2D eigenvalue weighted by molar-refractivity contribution is -0.121. The topological polar surface area (TPSA) is 117 Å². The van der Waals surface area contributed by atoms with Crippen molar-refractivity contribution in [1.29, 1.82) is 0 Å². The van der Waals surface area contributed by atoms with E-state index < -0.39 is 11.9 Å². The minimum Gasteiger partial charge on any atom is -0.394 e. The van der Waals surface area contributed by atoms with Crippen molar-refractivity contribution in [1.82, 2.24) is 25.1 Å². The summed E-state index contributed by atoms with van der Waals surface area (Å²) in [6, 6.07) is 8.66. The van der Waals surface area contributed by atoms with Crippen LogP contribution < -0.4 is 16.0 Å². The Balaban J connectivity index is 1.73. The van der Waals surface area contributed by atoms with Crippen LogP contribution in [0.25, 0.3) is 0 Å². The number of aliphatic hydroxyl groups is 1. The van der Waals surface area contributed by atoms with Crippen molar-refractivity contribution in [3.63, 3.8) is 0 Å². The van der Waals surface area contributed by atoms with Crippen molar-refractivity contribution in [3.05, 3.63) is 60.3 Å². The molecule has 28 heavy (non-hydrogen) atoms. The van der Waals surface area contributed by atoms with Crippen molar-refractivity contribution < 1.29 is 14.3 Å². The summed E-state index contributed by atoms with van der Waals surface area (Å²) >= 11 is 0. The highest BCUT2D eigenvalue weighted by Gasteiger charge is 2.15. The molecule has 1 amide bonds. The summed E-state index contributed by atoms with van der Waals surface area (Å²) in [5.74, 6) is -0.725. The number of amides is 1. The second-order valence-electron chi connectivity index (χ2n) is 5.91. The Kier molecular flexibility index (Phi) is 6.12. The first-order chi connectivity index (χ1) is 13.6. The number of hydrogen-bond donors (Lipinski definition) is 4. The number of likely N-dealkylation sites (N-methyl/N-ethyl adjacent to an activating group) is 1. The van der Waals surface area contributed by atoms with Gasteiger partial charge in [-0.25, -0.2) is 9.37 Å². The molecule has 3 aromatic rings. The van der Waals surface area contributed by atoms with Crippen LogP contribution in [0.1, 0.15) is 11.6 Å². The van der Waals surface area contributed by atoms with Crippen LogP contribution in [-0.2, 0) is 11.3 Å². The van der Waals surface area contributed by atoms with Gasteiger partial charge in [0.05, 0.1) is 30.7 Å². The van der Waals surface area contributed by atoms with Crippen molar-refractivity contribution in [2.75, 3.05) is 24.3 Å². The molecule has 0 saturated heterocycles. The van der Waals surface area contributed by atoms with Gasteiger partial charge in [-0.15, -0.1) is 0 Å². The SMILES string of the molecule is CNC(=O)Cn1cc(Nc2ncc(F)c(N[C@H](CO)c3ccccc3)n2)cn1. The van der Waals surface area contributed by atoms with E-state index in [0.29, 0.717) is 5.69 Å². The first-order valence-electron chi connectivity index (χ1n) is 8.54. The highest BCUT2D eigenvalue weighted by molar-refractivity contribution is 5.75. The zero-order valence-corrected chi connectivity index (χ0v) is 15.1. The standard InChI is InChI=1S/C18H20FN7O2/c1-20-16(28)10-26-9-13(7-22-26)23-18-21-8-14(19)17(25-18)24-15(11-27)12-5-3-2-4-6-12/h2-9,15,27H,10-11H2,1H3,(H,20,28)(H2,21,23,24,25)/t15-/m1/s1. The number of carbonyl (C=O) groups excluding carboxylic acids is 1. The maximum Gasteiger partial charge on any atom is 0.241 e. The molecular weight excluding hydrogens is 365 g/mol. The van der Waals surface area contributed by atoms with Crippen LogP contribution >= 0.6 is 0 Å². The van der Waals surface area contributed by atoms with E-state index in [2.05, 4.69) is 31.0 Å². The molecule has 146 valence electrons. The molecule has 0 saturated carbocycles. The first kappa shape index (κ1) is 19.2. The van der Waals surface area contributed by atoms with E-state index in [4.69, 9.17) is 0 Å². The Hall–Kier alpha value is -3.53. The minimum atomic E-state index is -0.643. The third kappa shape index (κ3) is 4.80. The molecule has 0 spiro atoms. The highest BCUT2D eigenvalue weighted by atomic mass is 19.1. The fraction of sp³-hybridized carbons (Fsp3) is 0.222. The van der Waals surface area contributed by atoms with Gasteiger partial charge in [0.25, 0.3) is 0 Å². The molecule has 2 heterocycles. The predicted molar refractivity (Wildman–Crippen MR) is 101 cm³/mol. The van der Waals surface area contributed by atoms with Gasteiger partial charge in [-0.1, -0.05) is 30.3 Å². The summed E-state index contributed by atoms with van der Waals surface area (Å²) in [5.41, 5.74) is 1.34. The summed E-state index contributed by atoms with van der Waals surface area (Å²) in [7, 11) is 1.54. The third-order valence-electron chi connectivity index (χ3n) is 3.91. The Morgan fingerprint density at radius 3 is 2.79 bits per heavy atom. The molecule has 0 fully saturated rings. The van der Waals surface area contributed by atoms with Gasteiger partial charge < -0.3 is 21.1 Å². The fourth-order valence-electron chi connectivity index (χ4n) is 2.48. The lowest BCUT2D eigenvalue weighted by atomic mass is 10.1. The number of aliphatic hydroxyl groups excluding tert-OH is 1. The highest BCUT2D eigenvalue weighted by Crippen LogP contribution is 2.21. The number of rotatable bonds is 8. The number of halogens is 1. The quantitative estimate of drug-likeness (QED) is 0.464. The normalized spacial score (nSPS) is 11.7. The van der Waals surface area contributed by atoms with Crippen LogP contribution in [0.5, 0.6) is 0 Å². The fourth-order valence-corrected chi connectivity index (χ4v) is 2.48. The first-order valence-corrected chi connectivity index (χ1v) is 8.54. The molecule has 0 aliphatic carbocycles. The molecule has 0 bridgehead atoms. The molecule has 0 unspecified atom stereocenters. The molecule has 0 aliphatic rings. The van der Waals surface area contributed by atoms with Gasteiger partial charge in [0.2, 0.25) is 11.9 Å². The molecule has 10 heteroatoms. The molecular formula is C18H20FN7O2. The van der Waals surface area contributed by atoms with E-state index in [0.717, 1.165) is 11.8 Å². The van der Waals surface area contributed by atoms with Gasteiger partial charge in [-0.3, -0.25) is 9.48 Å². The van der Waals surface area contributed by atoms with Crippen LogP contribution in [0.15, 0.2) is 48.9 Å². The third-order valence-corrected chi connectivity index (χ3v) is 3.91. The molecule has 2 aromatic heterocycles. The maximum absolute atomic E-state index is 14.1. The van der Waals surface area contributed by atoms with Crippen molar-refractivity contribution in [2.24, 2.45) is 0 Å². The van der Waals surface area contributed by atoms with Gasteiger partial charge in [0.1, 0.15) is 6.54 Å². The maximum atomic E-state index is 14.1. The predicted octanol–water partition coefficient (Wildman–Crippen LogP) is 1.45. The lowest BCUT2D eigenvalue weighted by Crippen LogP contribution is -2.23. The minimum absolute atomic E-state index is 0.0434. The monoisotopic (exact) mass is 385 g/mol. The summed E-state index contributed by atoms with van der Waals surface area (Å²) in [4.78, 5) is 19.4. The Labute approximate surface area is 160 Å². The summed E-state index contributed by atoms with van der Waals surface area (Å²) in [6.45, 7) is -0.160. The summed E-state index contributed by atoms with van der Waals surface area (Å²) in [5, 5.41) is 22.0. The number of hydrogen-bond acceptors (Lipinski definition) is 7. The average molecular weight is 385 g/mol. The van der Waals surface area contributed by atoms with Crippen LogP contribution in [0.3, 0.4) is 0 Å². The van der Waals surface area contributed by atoms with Gasteiger partial charge in [-0.05, 0) is 5.56 Å². The van der Waals surface area contributed by atoms with E-state index in [9.17, 15) is 14.3 Å². The number of aromatic nitrogens is 4.